The number of unbranched alkanes of at least 4 members (excludes halogenated alkanes) is 6. The molecule has 1 aromatic heterocycles. The summed E-state index contributed by atoms with van der Waals surface area (Å²) in [6.45, 7) is 5.83. The van der Waals surface area contributed by atoms with E-state index in [9.17, 15) is 18.0 Å². The van der Waals surface area contributed by atoms with Gasteiger partial charge in [-0.1, -0.05) is 32.1 Å². The molecule has 0 aliphatic heterocycles. The lowest BCUT2D eigenvalue weighted by atomic mass is 10.0. The van der Waals surface area contributed by atoms with Crippen molar-refractivity contribution in [2.24, 2.45) is 0 Å². The molecule has 5 nitrogen and oxygen atoms in total. The van der Waals surface area contributed by atoms with Crippen LogP contribution in [0.25, 0.3) is 0 Å². The minimum Gasteiger partial charge on any atom is -0.481 e. The van der Waals surface area contributed by atoms with E-state index in [0.29, 0.717) is 19.3 Å². The summed E-state index contributed by atoms with van der Waals surface area (Å²) in [4.78, 5) is 10.4. The van der Waals surface area contributed by atoms with Crippen molar-refractivity contribution in [3.05, 3.63) is 17.5 Å². The van der Waals surface area contributed by atoms with Crippen LogP contribution in [-0.2, 0) is 28.7 Å². The van der Waals surface area contributed by atoms with E-state index < -0.39 is 23.4 Å². The number of hydrogen-bond donors (Lipinski definition) is 1. The minimum absolute atomic E-state index is 0.0719. The molecule has 0 unspecified atom stereocenters. The summed E-state index contributed by atoms with van der Waals surface area (Å²) in [7, 11) is 0. The van der Waals surface area contributed by atoms with Crippen LogP contribution in [-0.4, -0.2) is 33.1 Å². The predicted molar refractivity (Wildman–Crippen MR) is 101 cm³/mol. The number of nitrogens with zero attached hydrogens (tertiary/aromatic N) is 2. The van der Waals surface area contributed by atoms with Crippen LogP contribution in [0.5, 0.6) is 0 Å². The Morgan fingerprint density at radius 1 is 1.07 bits per heavy atom. The Morgan fingerprint density at radius 2 is 1.64 bits per heavy atom. The number of carboxylic acids is 1. The monoisotopic (exact) mass is 406 g/mol. The van der Waals surface area contributed by atoms with Crippen LogP contribution in [0.1, 0.15) is 83.4 Å². The number of aryl methyl sites for hydroxylation is 1. The van der Waals surface area contributed by atoms with E-state index in [0.717, 1.165) is 36.8 Å². The quantitative estimate of drug-likeness (QED) is 0.442. The first-order valence-corrected chi connectivity index (χ1v) is 9.98. The largest absolute Gasteiger partial charge is 0.481 e. The van der Waals surface area contributed by atoms with Gasteiger partial charge in [0, 0.05) is 12.0 Å². The second-order valence-corrected chi connectivity index (χ2v) is 8.07. The lowest BCUT2D eigenvalue weighted by Gasteiger charge is -2.20. The van der Waals surface area contributed by atoms with Gasteiger partial charge in [-0.2, -0.15) is 18.3 Å². The zero-order valence-electron chi connectivity index (χ0n) is 17.1. The summed E-state index contributed by atoms with van der Waals surface area (Å²) in [5.41, 5.74) is -0.828. The number of hydrogen-bond acceptors (Lipinski definition) is 3. The van der Waals surface area contributed by atoms with Crippen LogP contribution >= 0.6 is 0 Å². The molecule has 0 bridgehead atoms. The number of alkyl halides is 3. The van der Waals surface area contributed by atoms with Gasteiger partial charge in [0.05, 0.1) is 24.9 Å². The molecular formula is C20H33F3N2O3. The first-order valence-electron chi connectivity index (χ1n) is 9.98. The summed E-state index contributed by atoms with van der Waals surface area (Å²) < 4.78 is 46.9. The number of halogens is 3. The van der Waals surface area contributed by atoms with Crippen molar-refractivity contribution in [1.82, 2.24) is 9.78 Å². The summed E-state index contributed by atoms with van der Waals surface area (Å²) in [5.74, 6) is -0.772. The van der Waals surface area contributed by atoms with E-state index in [2.05, 4.69) is 5.10 Å². The maximum atomic E-state index is 13.5. The molecule has 162 valence electrons. The van der Waals surface area contributed by atoms with Gasteiger partial charge in [0.1, 0.15) is 5.69 Å². The van der Waals surface area contributed by atoms with Crippen LogP contribution < -0.4 is 0 Å². The van der Waals surface area contributed by atoms with Crippen molar-refractivity contribution >= 4 is 5.97 Å². The Morgan fingerprint density at radius 3 is 2.18 bits per heavy atom. The summed E-state index contributed by atoms with van der Waals surface area (Å²) >= 11 is 0. The second-order valence-electron chi connectivity index (χ2n) is 8.07. The zero-order chi connectivity index (χ0) is 21.2. The van der Waals surface area contributed by atoms with Crippen LogP contribution in [0, 0.1) is 0 Å². The highest BCUT2D eigenvalue weighted by atomic mass is 19.4. The van der Waals surface area contributed by atoms with Gasteiger partial charge in [-0.3, -0.25) is 9.48 Å². The predicted octanol–water partition coefficient (Wildman–Crippen LogP) is 5.46. The maximum Gasteiger partial charge on any atom is 0.433 e. The van der Waals surface area contributed by atoms with E-state index in [-0.39, 0.29) is 25.1 Å². The van der Waals surface area contributed by atoms with Gasteiger partial charge in [0.2, 0.25) is 0 Å². The van der Waals surface area contributed by atoms with Crippen LogP contribution in [0.4, 0.5) is 13.2 Å². The molecule has 8 heteroatoms. The van der Waals surface area contributed by atoms with E-state index in [1.807, 2.05) is 20.8 Å². The highest BCUT2D eigenvalue weighted by molar-refractivity contribution is 5.66. The molecule has 0 aliphatic rings. The van der Waals surface area contributed by atoms with Crippen molar-refractivity contribution < 1.29 is 27.8 Å². The topological polar surface area (TPSA) is 64.4 Å². The van der Waals surface area contributed by atoms with Crippen molar-refractivity contribution in [1.29, 1.82) is 0 Å². The zero-order valence-corrected chi connectivity index (χ0v) is 17.1. The molecule has 0 atom stereocenters. The molecule has 0 aromatic carbocycles. The van der Waals surface area contributed by atoms with Gasteiger partial charge in [-0.25, -0.2) is 0 Å². The molecule has 0 saturated carbocycles. The van der Waals surface area contributed by atoms with Gasteiger partial charge in [0.15, 0.2) is 0 Å². The lowest BCUT2D eigenvalue weighted by molar-refractivity contribution is -0.145. The molecule has 1 heterocycles. The summed E-state index contributed by atoms with van der Waals surface area (Å²) in [6.07, 6.45) is 3.44. The molecular weight excluding hydrogens is 373 g/mol. The molecule has 1 N–H and O–H groups in total. The molecule has 0 fully saturated rings. The number of aromatic nitrogens is 2. The van der Waals surface area contributed by atoms with Crippen molar-refractivity contribution in [2.75, 3.05) is 6.61 Å². The second kappa shape index (κ2) is 11.4. The number of carboxylic acid groups (broad SMARTS) is 1. The first-order chi connectivity index (χ1) is 13.0. The van der Waals surface area contributed by atoms with Crippen molar-refractivity contribution in [3.8, 4) is 0 Å². The Kier molecular flexibility index (Phi) is 9.99. The van der Waals surface area contributed by atoms with E-state index >= 15 is 0 Å². The maximum absolute atomic E-state index is 13.5. The Labute approximate surface area is 165 Å². The van der Waals surface area contributed by atoms with Gasteiger partial charge in [0.25, 0.3) is 0 Å². The van der Waals surface area contributed by atoms with Crippen LogP contribution in [0.3, 0.4) is 0 Å². The number of carbonyl (C=O) groups is 1. The molecule has 0 aliphatic carbocycles. The molecule has 0 saturated heterocycles. The average molecular weight is 406 g/mol. The van der Waals surface area contributed by atoms with Crippen LogP contribution in [0.2, 0.25) is 0 Å². The van der Waals surface area contributed by atoms with E-state index in [1.54, 1.807) is 0 Å². The fourth-order valence-corrected chi connectivity index (χ4v) is 3.02. The Hall–Kier alpha value is -1.57. The summed E-state index contributed by atoms with van der Waals surface area (Å²) in [5, 5.41) is 12.5. The van der Waals surface area contributed by atoms with Gasteiger partial charge >= 0.3 is 12.1 Å². The number of rotatable bonds is 13. The summed E-state index contributed by atoms with van der Waals surface area (Å²) in [6, 6.07) is 0. The average Bonchev–Trinajstić information content (AvgIpc) is 2.95. The van der Waals surface area contributed by atoms with Crippen molar-refractivity contribution in [2.45, 2.75) is 96.9 Å². The van der Waals surface area contributed by atoms with Gasteiger partial charge < -0.3 is 9.84 Å². The molecule has 0 amide bonds. The Bertz CT molecular complexity index is 592. The standard InChI is InChI=1S/C20H33F3N2O3/c1-19(2,3)28-14-13-25-18(20(21,22)23)16(15-24-25)11-9-7-5-4-6-8-10-12-17(26)27/h15H,4-14H2,1-3H3,(H,26,27). The third-order valence-electron chi connectivity index (χ3n) is 4.36. The highest BCUT2D eigenvalue weighted by Crippen LogP contribution is 2.33. The molecule has 1 rings (SSSR count). The normalized spacial score (nSPS) is 12.5. The SMILES string of the molecule is CC(C)(C)OCCn1ncc(CCCCCCCCCC(=O)O)c1C(F)(F)F. The molecule has 1 aromatic rings. The van der Waals surface area contributed by atoms with Crippen LogP contribution in [0.15, 0.2) is 6.20 Å². The lowest BCUT2D eigenvalue weighted by Crippen LogP contribution is -2.24. The third-order valence-corrected chi connectivity index (χ3v) is 4.36. The van der Waals surface area contributed by atoms with Gasteiger partial charge in [-0.05, 0) is 40.0 Å². The van der Waals surface area contributed by atoms with E-state index in [4.69, 9.17) is 9.84 Å². The number of ether oxygens (including phenoxy) is 1. The third kappa shape index (κ3) is 10.1. The fourth-order valence-electron chi connectivity index (χ4n) is 3.02. The molecule has 0 radical (unpaired) electrons. The minimum atomic E-state index is -4.43. The first kappa shape index (κ1) is 24.5. The molecule has 0 spiro atoms. The number of aliphatic carboxylic acids is 1. The van der Waals surface area contributed by atoms with Crippen molar-refractivity contribution in [3.63, 3.8) is 0 Å². The Balaban J connectivity index is 2.41. The van der Waals surface area contributed by atoms with Gasteiger partial charge in [-0.15, -0.1) is 0 Å². The molecule has 28 heavy (non-hydrogen) atoms. The van der Waals surface area contributed by atoms with E-state index in [1.165, 1.54) is 6.20 Å². The fraction of sp³-hybridized carbons (Fsp3) is 0.800. The highest BCUT2D eigenvalue weighted by Gasteiger charge is 2.37. The smallest absolute Gasteiger partial charge is 0.433 e.